The molecule has 0 aromatic carbocycles. The fraction of sp³-hybridized carbons (Fsp3) is 0.286. The molecule has 0 fully saturated rings. The van der Waals surface area contributed by atoms with Gasteiger partial charge < -0.3 is 17.0 Å². The van der Waals surface area contributed by atoms with Gasteiger partial charge in [0.1, 0.15) is 7.05 Å². The van der Waals surface area contributed by atoms with Crippen LogP contribution in [0, 0.1) is 0 Å². The summed E-state index contributed by atoms with van der Waals surface area (Å²) in [5.41, 5.74) is 0. The summed E-state index contributed by atoms with van der Waals surface area (Å²) < 4.78 is 24.0. The summed E-state index contributed by atoms with van der Waals surface area (Å²) in [6, 6.07) is 4.97. The monoisotopic (exact) mass is 485 g/mol. The van der Waals surface area contributed by atoms with Crippen molar-refractivity contribution in [3.63, 3.8) is 0 Å². The molecule has 0 atom stereocenters. The summed E-state index contributed by atoms with van der Waals surface area (Å²) in [6.45, 7) is 0. The minimum absolute atomic E-state index is 0. The Morgan fingerprint density at radius 1 is 1.27 bits per heavy atom. The van der Waals surface area contributed by atoms with Crippen LogP contribution in [0.15, 0.2) is 29.4 Å². The molecule has 1 rings (SSSR count). The number of sulfone groups is 1. The first-order valence-electron chi connectivity index (χ1n) is 3.53. The van der Waals surface area contributed by atoms with Crippen molar-refractivity contribution in [2.45, 2.75) is 6.50 Å². The number of halogens is 4. The van der Waals surface area contributed by atoms with Crippen LogP contribution in [0.3, 0.4) is 0 Å². The van der Waals surface area contributed by atoms with E-state index in [9.17, 15) is 8.42 Å². The van der Waals surface area contributed by atoms with Gasteiger partial charge in [0.05, 0.1) is 0 Å². The highest BCUT2D eigenvalue weighted by molar-refractivity contribution is 9.42. The van der Waals surface area contributed by atoms with E-state index in [1.165, 1.54) is 10.6 Å². The number of hydrogen-bond donors (Lipinski definition) is 0. The van der Waals surface area contributed by atoms with Gasteiger partial charge in [-0.25, -0.2) is 8.42 Å². The van der Waals surface area contributed by atoms with Gasteiger partial charge >= 0.3 is 0 Å². The van der Waals surface area contributed by atoms with Gasteiger partial charge in [-0.2, -0.15) is 4.57 Å². The quantitative estimate of drug-likeness (QED) is 0.379. The molecular weight excluding hydrogens is 482 g/mol. The van der Waals surface area contributed by atoms with Gasteiger partial charge in [-0.3, -0.25) is 0 Å². The lowest BCUT2D eigenvalue weighted by Crippen LogP contribution is -3.00. The van der Waals surface area contributed by atoms with Crippen molar-refractivity contribution in [2.24, 2.45) is 7.05 Å². The molecule has 0 N–H and O–H groups in total. The smallest absolute Gasteiger partial charge is 0.300 e. The van der Waals surface area contributed by atoms with Crippen molar-refractivity contribution in [1.29, 1.82) is 0 Å². The first-order chi connectivity index (χ1) is 6.27. The molecule has 1 aromatic rings. The van der Waals surface area contributed by atoms with Crippen molar-refractivity contribution in [2.75, 3.05) is 0 Å². The van der Waals surface area contributed by atoms with E-state index in [1.807, 2.05) is 0 Å². The third kappa shape index (κ3) is 3.49. The topological polar surface area (TPSA) is 38.0 Å². The van der Waals surface area contributed by atoms with Crippen molar-refractivity contribution in [3.05, 3.63) is 24.4 Å². The normalized spacial score (nSPS) is 12.0. The molecule has 0 aliphatic carbocycles. The Balaban J connectivity index is 0.00000196. The van der Waals surface area contributed by atoms with E-state index in [2.05, 4.69) is 47.8 Å². The highest BCUT2D eigenvalue weighted by atomic mass is 80.0. The molecule has 3 nitrogen and oxygen atoms in total. The minimum Gasteiger partial charge on any atom is -1.00 e. The Hall–Kier alpha value is 1.02. The fourth-order valence-electron chi connectivity index (χ4n) is 0.905. The van der Waals surface area contributed by atoms with Gasteiger partial charge in [-0.1, -0.05) is 0 Å². The van der Waals surface area contributed by atoms with Crippen LogP contribution in [0.25, 0.3) is 0 Å². The maximum absolute atomic E-state index is 11.9. The zero-order valence-corrected chi connectivity index (χ0v) is 14.7. The zero-order chi connectivity index (χ0) is 11.0. The molecule has 0 radical (unpaired) electrons. The maximum Gasteiger partial charge on any atom is 0.300 e. The van der Waals surface area contributed by atoms with Crippen molar-refractivity contribution in [3.8, 4) is 0 Å². The van der Waals surface area contributed by atoms with E-state index in [4.69, 9.17) is 0 Å². The van der Waals surface area contributed by atoms with Crippen LogP contribution in [0.1, 0.15) is 0 Å². The van der Waals surface area contributed by atoms with E-state index in [-0.39, 0.29) is 22.0 Å². The van der Waals surface area contributed by atoms with E-state index in [0.717, 1.165) is 0 Å². The first kappa shape index (κ1) is 16.0. The molecule has 86 valence electrons. The molecule has 0 aliphatic rings. The molecule has 1 heterocycles. The molecule has 0 saturated carbocycles. The number of nitrogens with zero attached hydrogens (tertiary/aromatic N) is 1. The van der Waals surface area contributed by atoms with Crippen molar-refractivity contribution >= 4 is 57.6 Å². The number of pyridine rings is 1. The van der Waals surface area contributed by atoms with Gasteiger partial charge in [0.2, 0.25) is 1.47 Å². The largest absolute Gasteiger partial charge is 1.00 e. The predicted molar refractivity (Wildman–Crippen MR) is 64.3 cm³/mol. The SMILES string of the molecule is C[n+]1ccccc1S(=O)(=O)C(Br)(Br)Br.[Br-]. The molecule has 0 unspecified atom stereocenters. The third-order valence-electron chi connectivity index (χ3n) is 1.59. The predicted octanol–water partition coefficient (Wildman–Crippen LogP) is -0.915. The average Bonchev–Trinajstić information content (AvgIpc) is 2.02. The summed E-state index contributed by atoms with van der Waals surface area (Å²) in [4.78, 5) is 0. The zero-order valence-electron chi connectivity index (χ0n) is 7.49. The van der Waals surface area contributed by atoms with Crippen LogP contribution in [-0.2, 0) is 16.9 Å². The van der Waals surface area contributed by atoms with Crippen LogP contribution in [-0.4, -0.2) is 9.89 Å². The molecule has 0 amide bonds. The van der Waals surface area contributed by atoms with Gasteiger partial charge in [0, 0.05) is 12.1 Å². The average molecular weight is 489 g/mol. The Kier molecular flexibility index (Phi) is 5.95. The number of aryl methyl sites for hydroxylation is 1. The summed E-state index contributed by atoms with van der Waals surface area (Å²) >= 11 is 9.01. The standard InChI is InChI=1S/C7H7Br3NO2S.BrH/c1-11-5-3-2-4-6(11)14(12,13)7(8,9)10;/h2-5H,1H3;1H/q+1;/p-1. The van der Waals surface area contributed by atoms with Gasteiger partial charge in [-0.05, 0) is 53.9 Å². The van der Waals surface area contributed by atoms with E-state index in [0.29, 0.717) is 0 Å². The summed E-state index contributed by atoms with van der Waals surface area (Å²) in [6.07, 6.45) is 1.67. The van der Waals surface area contributed by atoms with E-state index in [1.54, 1.807) is 25.4 Å². The minimum atomic E-state index is -3.49. The lowest BCUT2D eigenvalue weighted by molar-refractivity contribution is -0.709. The molecule has 15 heavy (non-hydrogen) atoms. The third-order valence-corrected chi connectivity index (χ3v) is 7.01. The van der Waals surface area contributed by atoms with Gasteiger partial charge in [0.15, 0.2) is 6.20 Å². The Morgan fingerprint density at radius 3 is 2.20 bits per heavy atom. The highest BCUT2D eigenvalue weighted by Crippen LogP contribution is 2.42. The number of hydrogen-bond acceptors (Lipinski definition) is 2. The summed E-state index contributed by atoms with van der Waals surface area (Å²) in [7, 11) is -1.82. The summed E-state index contributed by atoms with van der Waals surface area (Å²) in [5, 5.41) is 0.214. The van der Waals surface area contributed by atoms with Crippen LogP contribution < -0.4 is 21.5 Å². The van der Waals surface area contributed by atoms with Crippen LogP contribution >= 0.6 is 47.8 Å². The van der Waals surface area contributed by atoms with Gasteiger partial charge in [0.25, 0.3) is 14.9 Å². The first-order valence-corrected chi connectivity index (χ1v) is 7.39. The van der Waals surface area contributed by atoms with Crippen LogP contribution in [0.2, 0.25) is 0 Å². The fourth-order valence-corrected chi connectivity index (χ4v) is 3.33. The second-order valence-electron chi connectivity index (χ2n) is 2.60. The molecule has 1 aromatic heterocycles. The molecule has 8 heteroatoms. The lowest BCUT2D eigenvalue weighted by Gasteiger charge is -2.10. The maximum atomic E-state index is 11.9. The Bertz CT molecular complexity index is 441. The second-order valence-corrected chi connectivity index (χ2v) is 13.0. The molecule has 0 aliphatic heterocycles. The number of rotatable bonds is 1. The highest BCUT2D eigenvalue weighted by Gasteiger charge is 2.42. The van der Waals surface area contributed by atoms with Crippen molar-refractivity contribution < 1.29 is 30.0 Å². The van der Waals surface area contributed by atoms with E-state index < -0.39 is 11.3 Å². The Morgan fingerprint density at radius 2 is 1.80 bits per heavy atom. The number of alkyl halides is 3. The summed E-state index contributed by atoms with van der Waals surface area (Å²) in [5.74, 6) is 0. The molecule has 0 bridgehead atoms. The molecular formula is C7H7Br4NO2S. The van der Waals surface area contributed by atoms with Crippen LogP contribution in [0.5, 0.6) is 0 Å². The Labute approximate surface area is 124 Å². The van der Waals surface area contributed by atoms with Gasteiger partial charge in [-0.15, -0.1) is 0 Å². The number of aromatic nitrogens is 1. The van der Waals surface area contributed by atoms with Crippen molar-refractivity contribution in [1.82, 2.24) is 0 Å². The second kappa shape index (κ2) is 5.57. The molecule has 0 spiro atoms. The molecule has 0 saturated heterocycles. The lowest BCUT2D eigenvalue weighted by atomic mass is 10.5. The van der Waals surface area contributed by atoms with E-state index >= 15 is 0 Å². The van der Waals surface area contributed by atoms with Crippen LogP contribution in [0.4, 0.5) is 0 Å².